The van der Waals surface area contributed by atoms with E-state index in [-0.39, 0.29) is 17.1 Å². The van der Waals surface area contributed by atoms with Gasteiger partial charge in [-0.2, -0.15) is 8.42 Å². The van der Waals surface area contributed by atoms with E-state index in [1.54, 1.807) is 21.4 Å². The van der Waals surface area contributed by atoms with Crippen molar-refractivity contribution in [1.29, 1.82) is 0 Å². The molecule has 0 spiro atoms. The van der Waals surface area contributed by atoms with E-state index in [1.165, 1.54) is 30.7 Å². The van der Waals surface area contributed by atoms with E-state index >= 15 is 4.39 Å². The summed E-state index contributed by atoms with van der Waals surface area (Å²) < 4.78 is 56.0. The third-order valence-corrected chi connectivity index (χ3v) is 5.73. The van der Waals surface area contributed by atoms with E-state index in [0.29, 0.717) is 10.8 Å². The fraction of sp³-hybridized carbons (Fsp3) is 0.111. The van der Waals surface area contributed by atoms with Crippen LogP contribution in [0.25, 0.3) is 11.3 Å². The van der Waals surface area contributed by atoms with Gasteiger partial charge in [-0.3, -0.25) is 4.79 Å². The molecule has 1 aliphatic heterocycles. The maximum absolute atomic E-state index is 15.1. The zero-order valence-electron chi connectivity index (χ0n) is 14.7. The van der Waals surface area contributed by atoms with Crippen LogP contribution in [-0.2, 0) is 21.5 Å². The third kappa shape index (κ3) is 3.51. The summed E-state index contributed by atoms with van der Waals surface area (Å²) in [5.41, 5.74) is 0.316. The molecule has 0 unspecified atom stereocenters. The smallest absolute Gasteiger partial charge is 0.326 e. The molecule has 1 fully saturated rings. The lowest BCUT2D eigenvalue weighted by Crippen LogP contribution is -2.30. The standard InChI is InChI=1S/C18H14F2N4O4S/c19-12-3-1-11(2-4-12)7-23-8-14(21-10-23)13-5-6-15(25)18(17(13)20)24-9-16(26)22-29(24,27)28/h1-6,8,10,25H,7,9H2,(H,22,26). The molecule has 29 heavy (non-hydrogen) atoms. The number of rotatable bonds is 4. The number of halogens is 2. The molecule has 1 amide bonds. The van der Waals surface area contributed by atoms with Crippen molar-refractivity contribution in [1.82, 2.24) is 14.3 Å². The first-order chi connectivity index (χ1) is 13.7. The first-order valence-electron chi connectivity index (χ1n) is 8.36. The normalized spacial score (nSPS) is 15.5. The average molecular weight is 420 g/mol. The number of phenols is 1. The zero-order valence-corrected chi connectivity index (χ0v) is 15.5. The van der Waals surface area contributed by atoms with E-state index in [0.717, 1.165) is 11.6 Å². The largest absolute Gasteiger partial charge is 0.506 e. The predicted molar refractivity (Wildman–Crippen MR) is 99.2 cm³/mol. The van der Waals surface area contributed by atoms with Crippen LogP contribution in [0.4, 0.5) is 14.5 Å². The molecular weight excluding hydrogens is 406 g/mol. The number of imidazole rings is 1. The Labute approximate surface area is 164 Å². The fourth-order valence-corrected chi connectivity index (χ4v) is 4.19. The lowest BCUT2D eigenvalue weighted by molar-refractivity contribution is -0.117. The number of nitrogens with one attached hydrogen (secondary N) is 1. The molecule has 2 aromatic carbocycles. The Hall–Kier alpha value is -3.47. The van der Waals surface area contributed by atoms with Crippen LogP contribution >= 0.6 is 0 Å². The number of nitrogens with zero attached hydrogens (tertiary/aromatic N) is 3. The highest BCUT2D eigenvalue weighted by Gasteiger charge is 2.38. The van der Waals surface area contributed by atoms with Gasteiger partial charge in [0.15, 0.2) is 5.82 Å². The molecule has 0 aliphatic carbocycles. The molecular formula is C18H14F2N4O4S. The van der Waals surface area contributed by atoms with Gasteiger partial charge in [0, 0.05) is 18.3 Å². The van der Waals surface area contributed by atoms with Crippen molar-refractivity contribution in [2.45, 2.75) is 6.54 Å². The average Bonchev–Trinajstić information content (AvgIpc) is 3.21. The molecule has 2 heterocycles. The van der Waals surface area contributed by atoms with Gasteiger partial charge in [-0.15, -0.1) is 0 Å². The molecule has 8 nitrogen and oxygen atoms in total. The maximum Gasteiger partial charge on any atom is 0.326 e. The predicted octanol–water partition coefficient (Wildman–Crippen LogP) is 1.76. The second-order valence-electron chi connectivity index (χ2n) is 6.39. The molecule has 0 bridgehead atoms. The van der Waals surface area contributed by atoms with Crippen molar-refractivity contribution in [3.63, 3.8) is 0 Å². The Morgan fingerprint density at radius 2 is 1.86 bits per heavy atom. The molecule has 11 heteroatoms. The number of hydrogen-bond acceptors (Lipinski definition) is 5. The number of carbonyl (C=O) groups is 1. The summed E-state index contributed by atoms with van der Waals surface area (Å²) in [5, 5.41) is 10.0. The van der Waals surface area contributed by atoms with Gasteiger partial charge < -0.3 is 9.67 Å². The molecule has 4 rings (SSSR count). The van der Waals surface area contributed by atoms with Gasteiger partial charge in [0.05, 0.1) is 12.0 Å². The van der Waals surface area contributed by atoms with Crippen LogP contribution in [0, 0.1) is 11.6 Å². The van der Waals surface area contributed by atoms with E-state index in [9.17, 15) is 22.7 Å². The van der Waals surface area contributed by atoms with E-state index in [1.807, 2.05) is 0 Å². The number of phenolic OH excluding ortho intramolecular Hbond substituents is 1. The molecule has 150 valence electrons. The van der Waals surface area contributed by atoms with Gasteiger partial charge in [0.2, 0.25) is 0 Å². The maximum atomic E-state index is 15.1. The molecule has 3 aromatic rings. The Morgan fingerprint density at radius 1 is 1.14 bits per heavy atom. The highest BCUT2D eigenvalue weighted by Crippen LogP contribution is 2.38. The minimum atomic E-state index is -4.29. The van der Waals surface area contributed by atoms with Crippen molar-refractivity contribution in [2.24, 2.45) is 0 Å². The molecule has 0 saturated carbocycles. The van der Waals surface area contributed by atoms with Crippen LogP contribution in [0.3, 0.4) is 0 Å². The summed E-state index contributed by atoms with van der Waals surface area (Å²) in [4.78, 5) is 15.6. The van der Waals surface area contributed by atoms with Crippen molar-refractivity contribution in [3.05, 3.63) is 66.1 Å². The summed E-state index contributed by atoms with van der Waals surface area (Å²) >= 11 is 0. The molecule has 0 radical (unpaired) electrons. The zero-order chi connectivity index (χ0) is 20.8. The first kappa shape index (κ1) is 18.9. The lowest BCUT2D eigenvalue weighted by atomic mass is 10.1. The number of amides is 1. The highest BCUT2D eigenvalue weighted by atomic mass is 32.2. The van der Waals surface area contributed by atoms with Gasteiger partial charge in [0.25, 0.3) is 5.91 Å². The second-order valence-corrected chi connectivity index (χ2v) is 7.98. The molecule has 1 aromatic heterocycles. The molecule has 1 aliphatic rings. The Bertz CT molecular complexity index is 1210. The summed E-state index contributed by atoms with van der Waals surface area (Å²) in [7, 11) is -4.29. The highest BCUT2D eigenvalue weighted by molar-refractivity contribution is 7.92. The van der Waals surface area contributed by atoms with Crippen molar-refractivity contribution < 1.29 is 27.1 Å². The van der Waals surface area contributed by atoms with E-state index < -0.39 is 39.9 Å². The van der Waals surface area contributed by atoms with Crippen molar-refractivity contribution in [3.8, 4) is 17.0 Å². The number of aromatic hydroxyl groups is 1. The van der Waals surface area contributed by atoms with Crippen LogP contribution < -0.4 is 9.03 Å². The van der Waals surface area contributed by atoms with Gasteiger partial charge >= 0.3 is 10.2 Å². The quantitative estimate of drug-likeness (QED) is 0.669. The molecule has 2 N–H and O–H groups in total. The van der Waals surface area contributed by atoms with E-state index in [4.69, 9.17) is 0 Å². The van der Waals surface area contributed by atoms with Crippen LogP contribution in [0.15, 0.2) is 48.9 Å². The van der Waals surface area contributed by atoms with Gasteiger partial charge in [-0.05, 0) is 29.8 Å². The van der Waals surface area contributed by atoms with Crippen molar-refractivity contribution in [2.75, 3.05) is 10.8 Å². The van der Waals surface area contributed by atoms with Gasteiger partial charge in [-0.1, -0.05) is 12.1 Å². The van der Waals surface area contributed by atoms with E-state index in [2.05, 4.69) is 4.98 Å². The monoisotopic (exact) mass is 420 g/mol. The second kappa shape index (κ2) is 6.85. The van der Waals surface area contributed by atoms with Crippen LogP contribution in [0.2, 0.25) is 0 Å². The first-order valence-corrected chi connectivity index (χ1v) is 9.80. The van der Waals surface area contributed by atoms with Gasteiger partial charge in [0.1, 0.15) is 23.8 Å². The summed E-state index contributed by atoms with van der Waals surface area (Å²) in [5.74, 6) is -2.85. The minimum Gasteiger partial charge on any atom is -0.506 e. The summed E-state index contributed by atoms with van der Waals surface area (Å²) in [6.45, 7) is -0.284. The Morgan fingerprint density at radius 3 is 2.52 bits per heavy atom. The van der Waals surface area contributed by atoms with Crippen molar-refractivity contribution >= 4 is 21.8 Å². The Kier molecular flexibility index (Phi) is 4.46. The molecule has 0 atom stereocenters. The number of hydrogen-bond donors (Lipinski definition) is 2. The third-order valence-electron chi connectivity index (χ3n) is 4.35. The number of aromatic nitrogens is 2. The summed E-state index contributed by atoms with van der Waals surface area (Å²) in [6, 6.07) is 8.25. The van der Waals surface area contributed by atoms with Crippen LogP contribution in [-0.4, -0.2) is 35.5 Å². The minimum absolute atomic E-state index is 0.0507. The number of anilines is 1. The number of carbonyl (C=O) groups excluding carboxylic acids is 1. The van der Waals surface area contributed by atoms with Crippen LogP contribution in [0.5, 0.6) is 5.75 Å². The summed E-state index contributed by atoms with van der Waals surface area (Å²) in [6.07, 6.45) is 2.98. The Balaban J connectivity index is 1.69. The lowest BCUT2D eigenvalue weighted by Gasteiger charge is -2.18. The van der Waals surface area contributed by atoms with Gasteiger partial charge in [-0.25, -0.2) is 22.8 Å². The fourth-order valence-electron chi connectivity index (χ4n) is 3.02. The number of benzene rings is 2. The molecule has 1 saturated heterocycles. The van der Waals surface area contributed by atoms with Crippen LogP contribution in [0.1, 0.15) is 5.56 Å². The topological polar surface area (TPSA) is 105 Å². The SMILES string of the molecule is O=C1CN(c2c(O)ccc(-c3cn(Cc4ccc(F)cc4)cn3)c2F)S(=O)(=O)N1.